The lowest BCUT2D eigenvalue weighted by Gasteiger charge is -2.32. The topological polar surface area (TPSA) is 128 Å². The maximum absolute atomic E-state index is 13.1. The molecule has 3 heterocycles. The Morgan fingerprint density at radius 1 is 1.05 bits per heavy atom. The highest BCUT2D eigenvalue weighted by molar-refractivity contribution is 5.82. The number of rotatable bonds is 8. The van der Waals surface area contributed by atoms with Gasteiger partial charge in [-0.2, -0.15) is 0 Å². The number of aryl methyl sites for hydroxylation is 1. The lowest BCUT2D eigenvalue weighted by atomic mass is 9.94. The van der Waals surface area contributed by atoms with Gasteiger partial charge in [-0.1, -0.05) is 30.3 Å². The van der Waals surface area contributed by atoms with Gasteiger partial charge >= 0.3 is 5.97 Å². The summed E-state index contributed by atoms with van der Waals surface area (Å²) in [5.74, 6) is -0.622. The highest BCUT2D eigenvalue weighted by Crippen LogP contribution is 2.24. The molecule has 9 nitrogen and oxygen atoms in total. The number of aromatic nitrogens is 3. The number of nitrogens with zero attached hydrogens (tertiary/aromatic N) is 3. The van der Waals surface area contributed by atoms with Crippen LogP contribution < -0.4 is 5.32 Å². The zero-order valence-corrected chi connectivity index (χ0v) is 20.4. The van der Waals surface area contributed by atoms with Gasteiger partial charge in [-0.15, -0.1) is 0 Å². The van der Waals surface area contributed by atoms with E-state index in [0.29, 0.717) is 44.3 Å². The van der Waals surface area contributed by atoms with Crippen LogP contribution in [0.25, 0.3) is 21.9 Å². The number of carboxylic acids is 1. The van der Waals surface area contributed by atoms with Crippen molar-refractivity contribution in [1.82, 2.24) is 25.2 Å². The van der Waals surface area contributed by atoms with Crippen molar-refractivity contribution in [1.29, 1.82) is 0 Å². The molecule has 2 aromatic carbocycles. The molecule has 37 heavy (non-hydrogen) atoms. The number of hydrogen-bond acceptors (Lipinski definition) is 5. The fraction of sp³-hybridized carbons (Fsp3) is 0.321. The van der Waals surface area contributed by atoms with Crippen LogP contribution in [-0.2, 0) is 20.8 Å². The Kier molecular flexibility index (Phi) is 7.11. The van der Waals surface area contributed by atoms with Crippen molar-refractivity contribution in [2.75, 3.05) is 13.1 Å². The standard InChI is InChI=1S/C28H29N5O4/c34-26(10-9-25-30-22-7-3-4-8-23(22)31-25)33-13-11-18(12-14-33)28(37)32-24(16-27(35)36)20-15-19-5-1-2-6-21(19)29-17-20/h1-8,15,17-18,24H,9-14,16H2,(H,30,31)(H,32,37)(H,35,36). The first-order valence-electron chi connectivity index (χ1n) is 12.5. The minimum atomic E-state index is -0.997. The Morgan fingerprint density at radius 3 is 2.54 bits per heavy atom. The molecule has 9 heteroatoms. The van der Waals surface area contributed by atoms with Crippen LogP contribution in [0.2, 0.25) is 0 Å². The fourth-order valence-electron chi connectivity index (χ4n) is 4.89. The number of pyridine rings is 1. The number of piperidine rings is 1. The monoisotopic (exact) mass is 499 g/mol. The summed E-state index contributed by atoms with van der Waals surface area (Å²) in [6.07, 6.45) is 3.36. The van der Waals surface area contributed by atoms with Crippen molar-refractivity contribution in [3.05, 3.63) is 72.2 Å². The number of hydrogen-bond donors (Lipinski definition) is 3. The smallest absolute Gasteiger partial charge is 0.305 e. The van der Waals surface area contributed by atoms with E-state index in [9.17, 15) is 19.5 Å². The van der Waals surface area contributed by atoms with Gasteiger partial charge in [0.25, 0.3) is 0 Å². The average molecular weight is 500 g/mol. The second-order valence-corrected chi connectivity index (χ2v) is 9.48. The third-order valence-electron chi connectivity index (χ3n) is 6.94. The van der Waals surface area contributed by atoms with E-state index in [1.807, 2.05) is 54.6 Å². The summed E-state index contributed by atoms with van der Waals surface area (Å²) in [6, 6.07) is 16.5. The number of para-hydroxylation sites is 3. The summed E-state index contributed by atoms with van der Waals surface area (Å²) in [6.45, 7) is 0.996. The Labute approximate surface area is 213 Å². The first-order valence-corrected chi connectivity index (χ1v) is 12.5. The minimum Gasteiger partial charge on any atom is -0.481 e. The molecule has 1 fully saturated rings. The van der Waals surface area contributed by atoms with Gasteiger partial charge in [-0.25, -0.2) is 4.98 Å². The van der Waals surface area contributed by atoms with E-state index in [2.05, 4.69) is 20.3 Å². The molecule has 0 aliphatic carbocycles. The van der Waals surface area contributed by atoms with E-state index in [0.717, 1.165) is 27.8 Å². The first kappa shape index (κ1) is 24.4. The van der Waals surface area contributed by atoms with Crippen molar-refractivity contribution in [2.45, 2.75) is 38.1 Å². The Bertz CT molecular complexity index is 1410. The third kappa shape index (κ3) is 5.77. The molecule has 0 saturated carbocycles. The summed E-state index contributed by atoms with van der Waals surface area (Å²) in [7, 11) is 0. The number of likely N-dealkylation sites (tertiary alicyclic amines) is 1. The lowest BCUT2D eigenvalue weighted by molar-refractivity contribution is -0.139. The zero-order chi connectivity index (χ0) is 25.8. The maximum Gasteiger partial charge on any atom is 0.305 e. The van der Waals surface area contributed by atoms with Crippen LogP contribution in [0.3, 0.4) is 0 Å². The molecule has 1 saturated heterocycles. The molecule has 1 unspecified atom stereocenters. The normalized spacial score (nSPS) is 15.1. The van der Waals surface area contributed by atoms with Crippen LogP contribution in [0.4, 0.5) is 0 Å². The molecule has 1 atom stereocenters. The average Bonchev–Trinajstić information content (AvgIpc) is 3.34. The van der Waals surface area contributed by atoms with Crippen LogP contribution in [0.1, 0.15) is 43.1 Å². The molecule has 190 valence electrons. The molecular formula is C28H29N5O4. The molecule has 1 aliphatic rings. The third-order valence-corrected chi connectivity index (χ3v) is 6.94. The van der Waals surface area contributed by atoms with E-state index in [-0.39, 0.29) is 24.2 Å². The van der Waals surface area contributed by atoms with Gasteiger partial charge < -0.3 is 20.3 Å². The Balaban J connectivity index is 1.15. The summed E-state index contributed by atoms with van der Waals surface area (Å²) in [4.78, 5) is 51.3. The van der Waals surface area contributed by atoms with Crippen LogP contribution in [0, 0.1) is 5.92 Å². The predicted octanol–water partition coefficient (Wildman–Crippen LogP) is 3.61. The van der Waals surface area contributed by atoms with E-state index in [4.69, 9.17) is 0 Å². The second kappa shape index (κ2) is 10.8. The largest absolute Gasteiger partial charge is 0.481 e. The van der Waals surface area contributed by atoms with Crippen LogP contribution in [-0.4, -0.2) is 55.8 Å². The first-order chi connectivity index (χ1) is 18.0. The Morgan fingerprint density at radius 2 is 1.78 bits per heavy atom. The number of nitrogens with one attached hydrogen (secondary N) is 2. The van der Waals surface area contributed by atoms with Crippen LogP contribution >= 0.6 is 0 Å². The number of aliphatic carboxylic acids is 1. The molecular weight excluding hydrogens is 470 g/mol. The molecule has 2 aromatic heterocycles. The lowest BCUT2D eigenvalue weighted by Crippen LogP contribution is -2.44. The van der Waals surface area contributed by atoms with E-state index >= 15 is 0 Å². The van der Waals surface area contributed by atoms with Gasteiger partial charge in [0.2, 0.25) is 11.8 Å². The number of carboxylic acid groups (broad SMARTS) is 1. The summed E-state index contributed by atoms with van der Waals surface area (Å²) in [5.41, 5.74) is 3.31. The van der Waals surface area contributed by atoms with Gasteiger partial charge in [0.1, 0.15) is 5.82 Å². The zero-order valence-electron chi connectivity index (χ0n) is 20.4. The van der Waals surface area contributed by atoms with Crippen molar-refractivity contribution in [2.24, 2.45) is 5.92 Å². The molecule has 2 amide bonds. The van der Waals surface area contributed by atoms with Gasteiger partial charge in [-0.05, 0) is 42.7 Å². The number of H-pyrrole nitrogens is 1. The van der Waals surface area contributed by atoms with E-state index in [1.165, 1.54) is 0 Å². The van der Waals surface area contributed by atoms with Crippen molar-refractivity contribution >= 4 is 39.7 Å². The SMILES string of the molecule is O=C(O)CC(NC(=O)C1CCN(C(=O)CCc2nc3ccccc3[nH]2)CC1)c1cnc2ccccc2c1. The van der Waals surface area contributed by atoms with Gasteiger partial charge in [0.15, 0.2) is 0 Å². The summed E-state index contributed by atoms with van der Waals surface area (Å²) >= 11 is 0. The highest BCUT2D eigenvalue weighted by atomic mass is 16.4. The molecule has 3 N–H and O–H groups in total. The highest BCUT2D eigenvalue weighted by Gasteiger charge is 2.29. The predicted molar refractivity (Wildman–Crippen MR) is 139 cm³/mol. The molecule has 0 spiro atoms. The maximum atomic E-state index is 13.1. The van der Waals surface area contributed by atoms with Crippen molar-refractivity contribution < 1.29 is 19.5 Å². The van der Waals surface area contributed by atoms with Gasteiger partial charge in [0.05, 0.1) is 29.0 Å². The van der Waals surface area contributed by atoms with Crippen molar-refractivity contribution in [3.63, 3.8) is 0 Å². The van der Waals surface area contributed by atoms with Crippen LogP contribution in [0.5, 0.6) is 0 Å². The number of carbonyl (C=O) groups is 3. The number of carbonyl (C=O) groups excluding carboxylic acids is 2. The second-order valence-electron chi connectivity index (χ2n) is 9.48. The Hall–Kier alpha value is -4.27. The number of aromatic amines is 1. The number of amides is 2. The molecule has 5 rings (SSSR count). The molecule has 1 aliphatic heterocycles. The van der Waals surface area contributed by atoms with Gasteiger partial charge in [0, 0.05) is 43.4 Å². The fourth-order valence-corrected chi connectivity index (χ4v) is 4.89. The van der Waals surface area contributed by atoms with Crippen molar-refractivity contribution in [3.8, 4) is 0 Å². The number of fused-ring (bicyclic) bond motifs is 2. The number of benzene rings is 2. The van der Waals surface area contributed by atoms with Crippen LogP contribution in [0.15, 0.2) is 60.8 Å². The molecule has 4 aromatic rings. The van der Waals surface area contributed by atoms with E-state index < -0.39 is 12.0 Å². The molecule has 0 bridgehead atoms. The number of imidazole rings is 1. The summed E-state index contributed by atoms with van der Waals surface area (Å²) < 4.78 is 0. The van der Waals surface area contributed by atoms with Gasteiger partial charge in [-0.3, -0.25) is 19.4 Å². The molecule has 0 radical (unpaired) electrons. The quantitative estimate of drug-likeness (QED) is 0.340. The summed E-state index contributed by atoms with van der Waals surface area (Å²) in [5, 5.41) is 13.2. The van der Waals surface area contributed by atoms with E-state index in [1.54, 1.807) is 11.1 Å². The minimum absolute atomic E-state index is 0.0466.